The molecule has 0 fully saturated rings. The van der Waals surface area contributed by atoms with E-state index < -0.39 is 6.85 Å². The summed E-state index contributed by atoms with van der Waals surface area (Å²) in [5.41, 5.74) is 10.3. The molecule has 0 aliphatic carbocycles. The molecule has 0 bridgehead atoms. The zero-order valence-electron chi connectivity index (χ0n) is 30.8. The number of hydrogen-bond donors (Lipinski definition) is 0. The first kappa shape index (κ1) is 30.8. The van der Waals surface area contributed by atoms with Crippen molar-refractivity contribution in [3.8, 4) is 22.5 Å². The quantitative estimate of drug-likeness (QED) is 0.166. The molecule has 3 aromatic carbocycles. The van der Waals surface area contributed by atoms with E-state index in [1.165, 1.54) is 34.5 Å². The van der Waals surface area contributed by atoms with Gasteiger partial charge in [0.15, 0.2) is 0 Å². The van der Waals surface area contributed by atoms with E-state index in [-0.39, 0.29) is 42.7 Å². The van der Waals surface area contributed by atoms with Crippen molar-refractivity contribution in [1.29, 1.82) is 0 Å². The van der Waals surface area contributed by atoms with E-state index in [0.29, 0.717) is 34.2 Å². The van der Waals surface area contributed by atoms with E-state index in [9.17, 15) is 4.39 Å². The fourth-order valence-electron chi connectivity index (χ4n) is 5.34. The third-order valence-corrected chi connectivity index (χ3v) is 8.32. The van der Waals surface area contributed by atoms with Crippen molar-refractivity contribution in [1.82, 2.24) is 15.0 Å². The largest absolute Gasteiger partial charge is 0.486 e. The van der Waals surface area contributed by atoms with Gasteiger partial charge in [-0.1, -0.05) is 80.6 Å². The molecule has 0 saturated carbocycles. The van der Waals surface area contributed by atoms with Crippen LogP contribution in [-0.2, 0) is 31.9 Å². The minimum absolute atomic E-state index is 0. The Kier molecular flexibility index (Phi) is 9.18. The second-order valence-corrected chi connectivity index (χ2v) is 13.0. The predicted octanol–water partition coefficient (Wildman–Crippen LogP) is 10.7. The number of pyridine rings is 3. The first-order valence-corrected chi connectivity index (χ1v) is 15.6. The molecule has 4 heterocycles. The third-order valence-electron chi connectivity index (χ3n) is 8.32. The second-order valence-electron chi connectivity index (χ2n) is 13.0. The monoisotopic (exact) mass is 815 g/mol. The van der Waals surface area contributed by atoms with Crippen LogP contribution in [0, 0.1) is 45.6 Å². The van der Waals surface area contributed by atoms with Crippen LogP contribution in [0.25, 0.3) is 44.6 Å². The minimum Gasteiger partial charge on any atom is -0.486 e. The molecule has 0 unspecified atom stereocenters. The van der Waals surface area contributed by atoms with Crippen LogP contribution in [0.2, 0.25) is 0 Å². The molecule has 4 aromatic heterocycles. The maximum Gasteiger partial charge on any atom is 0.216 e. The van der Waals surface area contributed by atoms with Crippen molar-refractivity contribution in [3.63, 3.8) is 0 Å². The Balaban J connectivity index is 0.000000264. The van der Waals surface area contributed by atoms with Crippen molar-refractivity contribution < 1.29 is 33.0 Å². The van der Waals surface area contributed by atoms with Gasteiger partial charge in [-0.15, -0.1) is 53.6 Å². The van der Waals surface area contributed by atoms with Crippen molar-refractivity contribution in [2.24, 2.45) is 0 Å². The van der Waals surface area contributed by atoms with Gasteiger partial charge in [-0.2, -0.15) is 0 Å². The summed E-state index contributed by atoms with van der Waals surface area (Å²) in [4.78, 5) is 12.9. The number of aryl methyl sites for hydroxylation is 4. The summed E-state index contributed by atoms with van der Waals surface area (Å²) in [6.45, 7) is 10.4. The number of hydrogen-bond acceptors (Lipinski definition) is 4. The Morgan fingerprint density at radius 3 is 2.29 bits per heavy atom. The number of rotatable bonds is 4. The molecule has 1 radical (unpaired) electrons. The van der Waals surface area contributed by atoms with Gasteiger partial charge in [0.25, 0.3) is 0 Å². The smallest absolute Gasteiger partial charge is 0.216 e. The van der Waals surface area contributed by atoms with Crippen LogP contribution in [0.15, 0.2) is 95.7 Å². The van der Waals surface area contributed by atoms with Crippen molar-refractivity contribution in [2.75, 3.05) is 0 Å². The zero-order chi connectivity index (χ0) is 35.8. The SMILES string of the molecule is Cc1c[c-]c(-c2cc(C)c(C)cn2)cc1.[2H]C([2H])([2H])c1ccc2c(n1)oc1c(-c3cc(Cc4ccc(C(C)(C)C)cc4)c(F)cn3)[c-]ccc12.[Ir]. The molecule has 0 aliphatic heterocycles. The molecule has 245 valence electrons. The number of aromatic nitrogens is 3. The Labute approximate surface area is 300 Å². The first-order chi connectivity index (χ1) is 23.7. The number of furan rings is 1. The van der Waals surface area contributed by atoms with E-state index >= 15 is 0 Å². The Bertz CT molecular complexity index is 2310. The molecule has 7 rings (SSSR count). The normalized spacial score (nSPS) is 12.4. The fourth-order valence-corrected chi connectivity index (χ4v) is 5.34. The number of halogens is 1. The van der Waals surface area contributed by atoms with E-state index in [1.807, 2.05) is 30.5 Å². The summed E-state index contributed by atoms with van der Waals surface area (Å²) < 4.78 is 43.5. The summed E-state index contributed by atoms with van der Waals surface area (Å²) in [7, 11) is 0. The summed E-state index contributed by atoms with van der Waals surface area (Å²) in [6, 6.07) is 31.3. The molecule has 0 spiro atoms. The van der Waals surface area contributed by atoms with Crippen molar-refractivity contribution >= 4 is 22.1 Å². The average molecular weight is 815 g/mol. The van der Waals surface area contributed by atoms with Gasteiger partial charge in [0, 0.05) is 41.5 Å². The molecule has 0 N–H and O–H groups in total. The molecule has 0 amide bonds. The first-order valence-electron chi connectivity index (χ1n) is 17.1. The molecular formula is C42H38FIrN3O-2. The summed E-state index contributed by atoms with van der Waals surface area (Å²) in [5.74, 6) is -0.380. The van der Waals surface area contributed by atoms with E-state index in [0.717, 1.165) is 22.2 Å². The van der Waals surface area contributed by atoms with Crippen LogP contribution < -0.4 is 0 Å². The Morgan fingerprint density at radius 2 is 1.60 bits per heavy atom. The van der Waals surface area contributed by atoms with Gasteiger partial charge in [-0.3, -0.25) is 0 Å². The van der Waals surface area contributed by atoms with Crippen molar-refractivity contribution in [3.05, 3.63) is 148 Å². The Morgan fingerprint density at radius 1 is 0.833 bits per heavy atom. The maximum atomic E-state index is 14.7. The molecule has 6 heteroatoms. The van der Waals surface area contributed by atoms with Gasteiger partial charge in [0.05, 0.1) is 11.8 Å². The van der Waals surface area contributed by atoms with Gasteiger partial charge >= 0.3 is 0 Å². The third kappa shape index (κ3) is 7.62. The van der Waals surface area contributed by atoms with Crippen LogP contribution in [0.5, 0.6) is 0 Å². The molecule has 0 aliphatic rings. The van der Waals surface area contributed by atoms with Crippen molar-refractivity contribution in [2.45, 2.75) is 60.2 Å². The zero-order valence-corrected chi connectivity index (χ0v) is 30.2. The topological polar surface area (TPSA) is 51.8 Å². The van der Waals surface area contributed by atoms with E-state index in [4.69, 9.17) is 8.53 Å². The number of nitrogens with zero attached hydrogens (tertiary/aromatic N) is 3. The number of fused-ring (bicyclic) bond motifs is 3. The standard InChI is InChI=1S/C28H24FN2O.C14H14N.Ir/c1-17-8-13-22-21-6-5-7-23(26(21)32-27(22)31-17)25-15-19(24(29)16-30-25)14-18-9-11-20(12-10-18)28(2,3)4;1-10-4-6-13(7-5-10)14-8-11(2)12(3)9-15-14;/h5-6,8-13,15-16H,14H2,1-4H3;4-6,8-9H,1-3H3;/q2*-1;/i1D3;;. The van der Waals surface area contributed by atoms with Gasteiger partial charge in [0.2, 0.25) is 5.71 Å². The van der Waals surface area contributed by atoms with E-state index in [1.54, 1.807) is 18.2 Å². The van der Waals surface area contributed by atoms with Gasteiger partial charge in [-0.25, -0.2) is 9.37 Å². The summed E-state index contributed by atoms with van der Waals surface area (Å²) in [6.07, 6.45) is 3.55. The van der Waals surface area contributed by atoms with Gasteiger partial charge in [0.1, 0.15) is 5.82 Å². The van der Waals surface area contributed by atoms with Crippen LogP contribution >= 0.6 is 0 Å². The minimum atomic E-state index is -2.33. The average Bonchev–Trinajstić information content (AvgIpc) is 3.46. The molecule has 7 aromatic rings. The number of benzene rings is 3. The summed E-state index contributed by atoms with van der Waals surface area (Å²) >= 11 is 0. The van der Waals surface area contributed by atoms with Crippen LogP contribution in [0.3, 0.4) is 0 Å². The van der Waals surface area contributed by atoms with E-state index in [2.05, 4.69) is 99.0 Å². The molecule has 4 nitrogen and oxygen atoms in total. The predicted molar refractivity (Wildman–Crippen MR) is 189 cm³/mol. The Hall–Kier alpha value is -4.51. The molecular weight excluding hydrogens is 774 g/mol. The van der Waals surface area contributed by atoms with Crippen LogP contribution in [-0.4, -0.2) is 15.0 Å². The van der Waals surface area contributed by atoms with Crippen LogP contribution in [0.4, 0.5) is 4.39 Å². The second kappa shape index (κ2) is 14.3. The fraction of sp³-hybridized carbons (Fsp3) is 0.214. The molecule has 48 heavy (non-hydrogen) atoms. The molecule has 0 saturated heterocycles. The van der Waals surface area contributed by atoms with Gasteiger partial charge < -0.3 is 14.4 Å². The van der Waals surface area contributed by atoms with Gasteiger partial charge in [-0.05, 0) is 78.3 Å². The maximum absolute atomic E-state index is 14.7. The summed E-state index contributed by atoms with van der Waals surface area (Å²) in [5, 5.41) is 1.47. The van der Waals surface area contributed by atoms with Crippen LogP contribution in [0.1, 0.15) is 64.0 Å². The molecule has 0 atom stereocenters.